The van der Waals surface area contributed by atoms with E-state index in [-0.39, 0.29) is 0 Å². The summed E-state index contributed by atoms with van der Waals surface area (Å²) in [5, 5.41) is 0. The van der Waals surface area contributed by atoms with Gasteiger partial charge >= 0.3 is 0 Å². The molecule has 2 rings (SSSR count). The fourth-order valence-corrected chi connectivity index (χ4v) is 2.24. The number of hydrogen-bond acceptors (Lipinski definition) is 2. The van der Waals surface area contributed by atoms with Gasteiger partial charge in [0.05, 0.1) is 0 Å². The molecule has 0 aliphatic heterocycles. The molecule has 0 bridgehead atoms. The molecule has 0 fully saturated rings. The van der Waals surface area contributed by atoms with Crippen molar-refractivity contribution in [3.63, 3.8) is 0 Å². The molecule has 0 radical (unpaired) electrons. The average Bonchev–Trinajstić information content (AvgIpc) is 2.77. The highest BCUT2D eigenvalue weighted by molar-refractivity contribution is 7.80. The number of benzene rings is 1. The Morgan fingerprint density at radius 3 is 2.78 bits per heavy atom. The third-order valence-electron chi connectivity index (χ3n) is 2.89. The number of thiocarbonyl (C=S) groups is 1. The first-order valence-corrected chi connectivity index (χ1v) is 6.39. The van der Waals surface area contributed by atoms with Gasteiger partial charge in [-0.15, -0.1) is 0 Å². The van der Waals surface area contributed by atoms with Crippen molar-refractivity contribution in [1.82, 2.24) is 9.55 Å². The second-order valence-electron chi connectivity index (χ2n) is 4.59. The Hall–Kier alpha value is -1.68. The lowest BCUT2D eigenvalue weighted by atomic mass is 10.1. The molecular formula is C14H17N3S. The van der Waals surface area contributed by atoms with Crippen LogP contribution in [0.2, 0.25) is 0 Å². The van der Waals surface area contributed by atoms with Crippen LogP contribution in [-0.2, 0) is 6.54 Å². The van der Waals surface area contributed by atoms with Gasteiger partial charge in [-0.25, -0.2) is 4.98 Å². The van der Waals surface area contributed by atoms with Gasteiger partial charge in [0.15, 0.2) is 0 Å². The maximum Gasteiger partial charge on any atom is 0.111 e. The molecule has 1 aromatic carbocycles. The SMILES string of the molecule is CC(C)c1nccn1Cc1ccccc1C(N)=S. The maximum absolute atomic E-state index is 5.75. The van der Waals surface area contributed by atoms with E-state index in [9.17, 15) is 0 Å². The summed E-state index contributed by atoms with van der Waals surface area (Å²) in [4.78, 5) is 4.83. The van der Waals surface area contributed by atoms with Gasteiger partial charge in [-0.05, 0) is 5.56 Å². The van der Waals surface area contributed by atoms with Crippen molar-refractivity contribution in [3.8, 4) is 0 Å². The van der Waals surface area contributed by atoms with E-state index in [1.54, 1.807) is 0 Å². The third kappa shape index (κ3) is 2.59. The molecule has 0 saturated carbocycles. The van der Waals surface area contributed by atoms with Crippen LogP contribution in [0.1, 0.15) is 36.7 Å². The molecule has 2 aromatic rings. The van der Waals surface area contributed by atoms with Crippen LogP contribution in [0.3, 0.4) is 0 Å². The van der Waals surface area contributed by atoms with Gasteiger partial charge < -0.3 is 10.3 Å². The quantitative estimate of drug-likeness (QED) is 0.859. The second kappa shape index (κ2) is 5.31. The summed E-state index contributed by atoms with van der Waals surface area (Å²) in [5.74, 6) is 1.48. The highest BCUT2D eigenvalue weighted by Crippen LogP contribution is 2.16. The first kappa shape index (κ1) is 12.8. The lowest BCUT2D eigenvalue weighted by Gasteiger charge is -2.13. The molecule has 3 nitrogen and oxygen atoms in total. The molecule has 1 heterocycles. The molecular weight excluding hydrogens is 242 g/mol. The smallest absolute Gasteiger partial charge is 0.111 e. The Labute approximate surface area is 113 Å². The zero-order chi connectivity index (χ0) is 13.1. The van der Waals surface area contributed by atoms with Crippen molar-refractivity contribution in [3.05, 3.63) is 53.6 Å². The molecule has 94 valence electrons. The minimum absolute atomic E-state index is 0.400. The van der Waals surface area contributed by atoms with Gasteiger partial charge in [0.25, 0.3) is 0 Å². The van der Waals surface area contributed by atoms with E-state index in [1.807, 2.05) is 30.6 Å². The van der Waals surface area contributed by atoms with Gasteiger partial charge in [0.1, 0.15) is 10.8 Å². The van der Waals surface area contributed by atoms with E-state index in [0.717, 1.165) is 23.5 Å². The fraction of sp³-hybridized carbons (Fsp3) is 0.286. The highest BCUT2D eigenvalue weighted by atomic mass is 32.1. The predicted molar refractivity (Wildman–Crippen MR) is 77.7 cm³/mol. The molecule has 0 spiro atoms. The molecule has 0 saturated heterocycles. The number of nitrogens with two attached hydrogens (primary N) is 1. The molecule has 0 amide bonds. The summed E-state index contributed by atoms with van der Waals surface area (Å²) >= 11 is 5.08. The summed E-state index contributed by atoms with van der Waals surface area (Å²) in [5.41, 5.74) is 7.82. The van der Waals surface area contributed by atoms with E-state index in [0.29, 0.717) is 10.9 Å². The molecule has 0 atom stereocenters. The van der Waals surface area contributed by atoms with Crippen molar-refractivity contribution in [1.29, 1.82) is 0 Å². The monoisotopic (exact) mass is 259 g/mol. The molecule has 0 aliphatic carbocycles. The molecule has 4 heteroatoms. The van der Waals surface area contributed by atoms with E-state index < -0.39 is 0 Å². The number of imidazole rings is 1. The number of nitrogens with zero attached hydrogens (tertiary/aromatic N) is 2. The van der Waals surface area contributed by atoms with Crippen LogP contribution in [0.4, 0.5) is 0 Å². The van der Waals surface area contributed by atoms with Crippen molar-refractivity contribution in [2.24, 2.45) is 5.73 Å². The van der Waals surface area contributed by atoms with Gasteiger partial charge in [0.2, 0.25) is 0 Å². The van der Waals surface area contributed by atoms with E-state index >= 15 is 0 Å². The maximum atomic E-state index is 5.75. The molecule has 0 unspecified atom stereocenters. The number of hydrogen-bond donors (Lipinski definition) is 1. The fourth-order valence-electron chi connectivity index (χ4n) is 2.04. The zero-order valence-corrected chi connectivity index (χ0v) is 11.4. The van der Waals surface area contributed by atoms with Gasteiger partial charge in [-0.1, -0.05) is 50.3 Å². The van der Waals surface area contributed by atoms with E-state index in [2.05, 4.69) is 29.5 Å². The van der Waals surface area contributed by atoms with Crippen LogP contribution < -0.4 is 5.73 Å². The Balaban J connectivity index is 2.34. The summed E-state index contributed by atoms with van der Waals surface area (Å²) in [6.07, 6.45) is 3.82. The van der Waals surface area contributed by atoms with Crippen LogP contribution in [0.15, 0.2) is 36.7 Å². The van der Waals surface area contributed by atoms with Crippen molar-refractivity contribution in [2.75, 3.05) is 0 Å². The first-order valence-electron chi connectivity index (χ1n) is 5.98. The van der Waals surface area contributed by atoms with Crippen molar-refractivity contribution >= 4 is 17.2 Å². The predicted octanol–water partition coefficient (Wildman–Crippen LogP) is 2.69. The molecule has 18 heavy (non-hydrogen) atoms. The Bertz CT molecular complexity index is 558. The summed E-state index contributed by atoms with van der Waals surface area (Å²) in [6, 6.07) is 7.97. The van der Waals surface area contributed by atoms with Crippen LogP contribution in [0, 0.1) is 0 Å². The van der Waals surface area contributed by atoms with Gasteiger partial charge in [-0.2, -0.15) is 0 Å². The minimum atomic E-state index is 0.400. The van der Waals surface area contributed by atoms with Crippen LogP contribution in [-0.4, -0.2) is 14.5 Å². The van der Waals surface area contributed by atoms with Gasteiger partial charge in [0, 0.05) is 30.4 Å². The van der Waals surface area contributed by atoms with Crippen molar-refractivity contribution in [2.45, 2.75) is 26.3 Å². The van der Waals surface area contributed by atoms with Gasteiger partial charge in [-0.3, -0.25) is 0 Å². The standard InChI is InChI=1S/C14H17N3S/c1-10(2)14-16-7-8-17(14)9-11-5-3-4-6-12(11)13(15)18/h3-8,10H,9H2,1-2H3,(H2,15,18). The minimum Gasteiger partial charge on any atom is -0.389 e. The zero-order valence-electron chi connectivity index (χ0n) is 10.6. The topological polar surface area (TPSA) is 43.8 Å². The van der Waals surface area contributed by atoms with Crippen LogP contribution >= 0.6 is 12.2 Å². The van der Waals surface area contributed by atoms with Crippen molar-refractivity contribution < 1.29 is 0 Å². The Kier molecular flexibility index (Phi) is 3.77. The lowest BCUT2D eigenvalue weighted by molar-refractivity contribution is 0.669. The molecule has 1 aromatic heterocycles. The van der Waals surface area contributed by atoms with Crippen LogP contribution in [0.25, 0.3) is 0 Å². The van der Waals surface area contributed by atoms with E-state index in [4.69, 9.17) is 18.0 Å². The molecule has 0 aliphatic rings. The van der Waals surface area contributed by atoms with Crippen LogP contribution in [0.5, 0.6) is 0 Å². The Morgan fingerprint density at radius 2 is 2.11 bits per heavy atom. The second-order valence-corrected chi connectivity index (χ2v) is 5.03. The largest absolute Gasteiger partial charge is 0.389 e. The summed E-state index contributed by atoms with van der Waals surface area (Å²) < 4.78 is 2.14. The number of rotatable bonds is 4. The average molecular weight is 259 g/mol. The Morgan fingerprint density at radius 1 is 1.39 bits per heavy atom. The van der Waals surface area contributed by atoms with E-state index in [1.165, 1.54) is 0 Å². The normalized spacial score (nSPS) is 10.8. The summed E-state index contributed by atoms with van der Waals surface area (Å²) in [7, 11) is 0. The third-order valence-corrected chi connectivity index (χ3v) is 3.11. The lowest BCUT2D eigenvalue weighted by Crippen LogP contribution is -2.14. The molecule has 2 N–H and O–H groups in total. The summed E-state index contributed by atoms with van der Waals surface area (Å²) in [6.45, 7) is 5.03. The highest BCUT2D eigenvalue weighted by Gasteiger charge is 2.10. The number of aromatic nitrogens is 2. The first-order chi connectivity index (χ1) is 8.59.